The first kappa shape index (κ1) is 19.4. The minimum atomic E-state index is -3.79. The van der Waals surface area contributed by atoms with Gasteiger partial charge < -0.3 is 4.90 Å². The Morgan fingerprint density at radius 2 is 2.15 bits per heavy atom. The van der Waals surface area contributed by atoms with Crippen LogP contribution >= 0.6 is 0 Å². The van der Waals surface area contributed by atoms with Crippen molar-refractivity contribution in [3.8, 4) is 0 Å². The SMILES string of the molecule is CN([C@H]1CCCN(C(=O)Cn2cncn2)CC1)S(=O)(=O)c1cccc(F)c1. The lowest BCUT2D eigenvalue weighted by atomic mass is 10.1. The number of nitrogens with zero attached hydrogens (tertiary/aromatic N) is 5. The van der Waals surface area contributed by atoms with Crippen LogP contribution in [-0.4, -0.2) is 64.5 Å². The molecule has 0 saturated carbocycles. The number of carbonyl (C=O) groups excluding carboxylic acids is 1. The summed E-state index contributed by atoms with van der Waals surface area (Å²) in [6.07, 6.45) is 4.71. The highest BCUT2D eigenvalue weighted by Crippen LogP contribution is 2.23. The molecule has 10 heteroatoms. The van der Waals surface area contributed by atoms with Crippen LogP contribution in [0, 0.1) is 5.82 Å². The maximum absolute atomic E-state index is 13.4. The Morgan fingerprint density at radius 3 is 2.85 bits per heavy atom. The van der Waals surface area contributed by atoms with Gasteiger partial charge in [-0.2, -0.15) is 9.40 Å². The smallest absolute Gasteiger partial charge is 0.244 e. The van der Waals surface area contributed by atoms with E-state index in [4.69, 9.17) is 0 Å². The second-order valence-corrected chi connectivity index (χ2v) is 8.53. The van der Waals surface area contributed by atoms with E-state index >= 15 is 0 Å². The molecular weight excluding hydrogens is 373 g/mol. The van der Waals surface area contributed by atoms with Crippen molar-refractivity contribution in [2.75, 3.05) is 20.1 Å². The second-order valence-electron chi connectivity index (χ2n) is 6.54. The van der Waals surface area contributed by atoms with Crippen molar-refractivity contribution in [2.24, 2.45) is 0 Å². The number of likely N-dealkylation sites (tertiary alicyclic amines) is 1. The number of carbonyl (C=O) groups is 1. The average molecular weight is 395 g/mol. The summed E-state index contributed by atoms with van der Waals surface area (Å²) in [7, 11) is -2.28. The van der Waals surface area contributed by atoms with Gasteiger partial charge in [0, 0.05) is 26.2 Å². The van der Waals surface area contributed by atoms with Crippen molar-refractivity contribution in [2.45, 2.75) is 36.7 Å². The van der Waals surface area contributed by atoms with Gasteiger partial charge >= 0.3 is 0 Å². The highest BCUT2D eigenvalue weighted by Gasteiger charge is 2.30. The van der Waals surface area contributed by atoms with Crippen molar-refractivity contribution < 1.29 is 17.6 Å². The van der Waals surface area contributed by atoms with Crippen LogP contribution in [-0.2, 0) is 21.4 Å². The number of rotatable bonds is 5. The third-order valence-electron chi connectivity index (χ3n) is 4.80. The molecule has 1 aliphatic heterocycles. The zero-order valence-electron chi connectivity index (χ0n) is 15.0. The molecule has 2 aromatic rings. The molecule has 1 aromatic heterocycles. The lowest BCUT2D eigenvalue weighted by Gasteiger charge is -2.26. The largest absolute Gasteiger partial charge is 0.341 e. The van der Waals surface area contributed by atoms with Crippen LogP contribution in [0.25, 0.3) is 0 Å². The van der Waals surface area contributed by atoms with E-state index in [0.29, 0.717) is 32.4 Å². The predicted molar refractivity (Wildman–Crippen MR) is 95.6 cm³/mol. The van der Waals surface area contributed by atoms with Crippen molar-refractivity contribution in [3.05, 3.63) is 42.7 Å². The van der Waals surface area contributed by atoms with Gasteiger partial charge in [0.1, 0.15) is 25.0 Å². The maximum Gasteiger partial charge on any atom is 0.244 e. The minimum absolute atomic E-state index is 0.0617. The van der Waals surface area contributed by atoms with Gasteiger partial charge in [0.15, 0.2) is 0 Å². The molecule has 1 aliphatic rings. The summed E-state index contributed by atoms with van der Waals surface area (Å²) in [6.45, 7) is 1.14. The molecule has 8 nitrogen and oxygen atoms in total. The fourth-order valence-electron chi connectivity index (χ4n) is 3.23. The van der Waals surface area contributed by atoms with E-state index in [0.717, 1.165) is 6.07 Å². The fourth-order valence-corrected chi connectivity index (χ4v) is 4.68. The Morgan fingerprint density at radius 1 is 1.33 bits per heavy atom. The monoisotopic (exact) mass is 395 g/mol. The van der Waals surface area contributed by atoms with Gasteiger partial charge in [0.25, 0.3) is 0 Å². The summed E-state index contributed by atoms with van der Waals surface area (Å²) in [5.74, 6) is -0.660. The Hall–Kier alpha value is -2.33. The zero-order valence-corrected chi connectivity index (χ0v) is 15.8. The van der Waals surface area contributed by atoms with Crippen LogP contribution < -0.4 is 0 Å². The molecular formula is C17H22FN5O3S. The van der Waals surface area contributed by atoms with Gasteiger partial charge in [0.05, 0.1) is 4.90 Å². The number of benzene rings is 1. The molecule has 0 bridgehead atoms. The number of sulfonamides is 1. The van der Waals surface area contributed by atoms with Crippen molar-refractivity contribution in [1.29, 1.82) is 0 Å². The lowest BCUT2D eigenvalue weighted by molar-refractivity contribution is -0.132. The first-order valence-electron chi connectivity index (χ1n) is 8.72. The molecule has 1 saturated heterocycles. The first-order chi connectivity index (χ1) is 12.9. The molecule has 0 spiro atoms. The molecule has 27 heavy (non-hydrogen) atoms. The van der Waals surface area contributed by atoms with Gasteiger partial charge in [0.2, 0.25) is 15.9 Å². The predicted octanol–water partition coefficient (Wildman–Crippen LogP) is 1.12. The molecule has 1 aromatic carbocycles. The van der Waals surface area contributed by atoms with Crippen LogP contribution in [0.3, 0.4) is 0 Å². The summed E-state index contributed by atoms with van der Waals surface area (Å²) >= 11 is 0. The van der Waals surface area contributed by atoms with Crippen LogP contribution in [0.4, 0.5) is 4.39 Å². The number of aromatic nitrogens is 3. The van der Waals surface area contributed by atoms with Gasteiger partial charge in [-0.1, -0.05) is 6.07 Å². The Bertz CT molecular complexity index is 888. The van der Waals surface area contributed by atoms with E-state index in [1.165, 1.54) is 46.9 Å². The molecule has 1 atom stereocenters. The third-order valence-corrected chi connectivity index (χ3v) is 6.71. The number of amides is 1. The molecule has 2 heterocycles. The zero-order chi connectivity index (χ0) is 19.4. The standard InChI is InChI=1S/C17H22FN5O3S/c1-21(27(25,26)16-6-2-4-14(18)10-16)15-5-3-8-22(9-7-15)17(24)11-23-13-19-12-20-23/h2,4,6,10,12-13,15H,3,5,7-9,11H2,1H3/t15-/m0/s1. The fraction of sp³-hybridized carbons (Fsp3) is 0.471. The topological polar surface area (TPSA) is 88.4 Å². The summed E-state index contributed by atoms with van der Waals surface area (Å²) in [4.78, 5) is 17.9. The van der Waals surface area contributed by atoms with Crippen LogP contribution in [0.5, 0.6) is 0 Å². The highest BCUT2D eigenvalue weighted by atomic mass is 32.2. The van der Waals surface area contributed by atoms with E-state index < -0.39 is 15.8 Å². The lowest BCUT2D eigenvalue weighted by Crippen LogP contribution is -2.39. The second kappa shape index (κ2) is 8.13. The van der Waals surface area contributed by atoms with Crippen LogP contribution in [0.2, 0.25) is 0 Å². The molecule has 0 unspecified atom stereocenters. The van der Waals surface area contributed by atoms with Crippen molar-refractivity contribution in [1.82, 2.24) is 24.0 Å². The third kappa shape index (κ3) is 4.51. The van der Waals surface area contributed by atoms with E-state index in [-0.39, 0.29) is 23.4 Å². The number of halogens is 1. The van der Waals surface area contributed by atoms with Gasteiger partial charge in [-0.3, -0.25) is 4.79 Å². The molecule has 0 N–H and O–H groups in total. The van der Waals surface area contributed by atoms with E-state index in [2.05, 4.69) is 10.1 Å². The van der Waals surface area contributed by atoms with Gasteiger partial charge in [-0.15, -0.1) is 0 Å². The van der Waals surface area contributed by atoms with E-state index in [9.17, 15) is 17.6 Å². The molecule has 1 fully saturated rings. The van der Waals surface area contributed by atoms with Gasteiger partial charge in [-0.05, 0) is 37.5 Å². The molecule has 1 amide bonds. The Labute approximate surface area is 157 Å². The van der Waals surface area contributed by atoms with E-state index in [1.807, 2.05) is 0 Å². The summed E-state index contributed by atoms with van der Waals surface area (Å²) in [5.41, 5.74) is 0. The molecule has 0 aliphatic carbocycles. The molecule has 146 valence electrons. The molecule has 3 rings (SSSR count). The summed E-state index contributed by atoms with van der Waals surface area (Å²) in [6, 6.07) is 4.76. The van der Waals surface area contributed by atoms with Gasteiger partial charge in [-0.25, -0.2) is 22.5 Å². The quantitative estimate of drug-likeness (QED) is 0.757. The van der Waals surface area contributed by atoms with Crippen LogP contribution in [0.15, 0.2) is 41.8 Å². The summed E-state index contributed by atoms with van der Waals surface area (Å²) in [5, 5.41) is 3.93. The van der Waals surface area contributed by atoms with Crippen molar-refractivity contribution in [3.63, 3.8) is 0 Å². The Kier molecular flexibility index (Phi) is 5.85. The average Bonchev–Trinajstić information content (AvgIpc) is 3.02. The van der Waals surface area contributed by atoms with Crippen molar-refractivity contribution >= 4 is 15.9 Å². The minimum Gasteiger partial charge on any atom is -0.341 e. The highest BCUT2D eigenvalue weighted by molar-refractivity contribution is 7.89. The number of hydrogen-bond donors (Lipinski definition) is 0. The first-order valence-corrected chi connectivity index (χ1v) is 10.2. The Balaban J connectivity index is 1.65. The van der Waals surface area contributed by atoms with Crippen LogP contribution in [0.1, 0.15) is 19.3 Å². The summed E-state index contributed by atoms with van der Waals surface area (Å²) < 4.78 is 41.8. The maximum atomic E-state index is 13.4. The molecule has 0 radical (unpaired) electrons. The normalized spacial score (nSPS) is 18.5. The number of hydrogen-bond acceptors (Lipinski definition) is 5. The van der Waals surface area contributed by atoms with E-state index in [1.54, 1.807) is 4.90 Å².